The zero-order valence-corrected chi connectivity index (χ0v) is 19.2. The summed E-state index contributed by atoms with van der Waals surface area (Å²) in [6.07, 6.45) is -4.87. The normalized spacial score (nSPS) is 28.1. The van der Waals surface area contributed by atoms with Gasteiger partial charge in [-0.2, -0.15) is 0 Å². The molecule has 7 heteroatoms. The van der Waals surface area contributed by atoms with E-state index in [-0.39, 0.29) is 0 Å². The van der Waals surface area contributed by atoms with Crippen LogP contribution in [0.25, 0.3) is 10.4 Å². The molecule has 4 rings (SSSR count). The van der Waals surface area contributed by atoms with Crippen LogP contribution in [0.4, 0.5) is 0 Å². The van der Waals surface area contributed by atoms with Crippen LogP contribution in [0.15, 0.2) is 54.6 Å². The number of halogens is 1. The second-order valence-electron chi connectivity index (χ2n) is 8.49. The highest BCUT2D eigenvalue weighted by atomic mass is 35.5. The van der Waals surface area contributed by atoms with E-state index in [4.69, 9.17) is 11.6 Å². The molecule has 2 aromatic carbocycles. The molecule has 1 aromatic heterocycles. The minimum atomic E-state index is -1.46. The van der Waals surface area contributed by atoms with Gasteiger partial charge in [-0.15, -0.1) is 11.3 Å². The van der Waals surface area contributed by atoms with Crippen molar-refractivity contribution in [2.45, 2.75) is 43.7 Å². The zero-order chi connectivity index (χ0) is 23.0. The molecule has 1 saturated carbocycles. The Hall–Kier alpha value is -1.77. The summed E-state index contributed by atoms with van der Waals surface area (Å²) in [6.45, 7) is 1.56. The third-order valence-corrected chi connectivity index (χ3v) is 7.84. The van der Waals surface area contributed by atoms with E-state index in [0.717, 1.165) is 20.9 Å². The Kier molecular flexibility index (Phi) is 7.03. The lowest BCUT2D eigenvalue weighted by atomic mass is 9.71. The van der Waals surface area contributed by atoms with Gasteiger partial charge in [-0.25, -0.2) is 0 Å². The van der Waals surface area contributed by atoms with Gasteiger partial charge in [-0.05, 0) is 41.8 Å². The van der Waals surface area contributed by atoms with Crippen molar-refractivity contribution in [1.29, 1.82) is 0 Å². The van der Waals surface area contributed by atoms with E-state index in [2.05, 4.69) is 43.3 Å². The van der Waals surface area contributed by atoms with Crippen molar-refractivity contribution < 1.29 is 25.5 Å². The Morgan fingerprint density at radius 2 is 1.56 bits per heavy atom. The van der Waals surface area contributed by atoms with Crippen LogP contribution in [-0.2, 0) is 6.42 Å². The highest BCUT2D eigenvalue weighted by Crippen LogP contribution is 2.39. The Morgan fingerprint density at radius 3 is 2.25 bits per heavy atom. The molecule has 170 valence electrons. The molecule has 1 aliphatic carbocycles. The maximum atomic E-state index is 10.7. The minimum absolute atomic E-state index is 0.500. The van der Waals surface area contributed by atoms with Crippen molar-refractivity contribution in [2.24, 2.45) is 5.92 Å². The van der Waals surface area contributed by atoms with Crippen molar-refractivity contribution >= 4 is 22.9 Å². The van der Waals surface area contributed by atoms with Crippen LogP contribution in [0, 0.1) is 12.8 Å². The van der Waals surface area contributed by atoms with Crippen molar-refractivity contribution in [3.8, 4) is 10.4 Å². The largest absolute Gasteiger partial charge is 0.396 e. The van der Waals surface area contributed by atoms with Gasteiger partial charge in [-0.1, -0.05) is 53.6 Å². The number of hydrogen-bond acceptors (Lipinski definition) is 6. The fourth-order valence-electron chi connectivity index (χ4n) is 4.42. The van der Waals surface area contributed by atoms with E-state index in [1.54, 1.807) is 23.5 Å². The van der Waals surface area contributed by atoms with Crippen LogP contribution in [0.2, 0.25) is 5.02 Å². The van der Waals surface area contributed by atoms with Gasteiger partial charge in [-0.3, -0.25) is 0 Å². The first-order chi connectivity index (χ1) is 15.3. The maximum Gasteiger partial charge on any atom is 0.107 e. The van der Waals surface area contributed by atoms with Gasteiger partial charge < -0.3 is 25.5 Å². The number of benzene rings is 2. The summed E-state index contributed by atoms with van der Waals surface area (Å²) in [5.41, 5.74) is 3.80. The van der Waals surface area contributed by atoms with E-state index in [9.17, 15) is 25.5 Å². The summed E-state index contributed by atoms with van der Waals surface area (Å²) in [4.78, 5) is 2.28. The zero-order valence-electron chi connectivity index (χ0n) is 17.6. The van der Waals surface area contributed by atoms with E-state index < -0.39 is 42.9 Å². The van der Waals surface area contributed by atoms with Crippen LogP contribution in [0.1, 0.15) is 27.5 Å². The first-order valence-corrected chi connectivity index (χ1v) is 11.8. The first kappa shape index (κ1) is 23.4. The molecule has 0 unspecified atom stereocenters. The van der Waals surface area contributed by atoms with Crippen molar-refractivity contribution in [1.82, 2.24) is 0 Å². The average molecular weight is 475 g/mol. The monoisotopic (exact) mass is 474 g/mol. The lowest BCUT2D eigenvalue weighted by molar-refractivity contribution is -0.169. The van der Waals surface area contributed by atoms with E-state index in [1.807, 2.05) is 6.07 Å². The molecule has 0 saturated heterocycles. The molecular weight excluding hydrogens is 448 g/mol. The molecular formula is C25H27ClO5S. The van der Waals surface area contributed by atoms with Crippen molar-refractivity contribution in [2.75, 3.05) is 6.61 Å². The molecule has 6 atom stereocenters. The maximum absolute atomic E-state index is 10.7. The SMILES string of the molecule is Cc1ccc(-c2ccc(Cc3cc([C@H]4[C@H](O)[C@@H](O)[C@H](O)[C@@H](CO)[C@@H]4O)ccc3Cl)s2)cc1. The number of rotatable bonds is 5. The smallest absolute Gasteiger partial charge is 0.107 e. The molecule has 1 fully saturated rings. The van der Waals surface area contributed by atoms with Gasteiger partial charge >= 0.3 is 0 Å². The number of aliphatic hydroxyl groups is 5. The predicted molar refractivity (Wildman–Crippen MR) is 126 cm³/mol. The fraction of sp³-hybridized carbons (Fsp3) is 0.360. The predicted octanol–water partition coefficient (Wildman–Crippen LogP) is 3.12. The van der Waals surface area contributed by atoms with E-state index in [1.165, 1.54) is 5.56 Å². The molecule has 0 spiro atoms. The second kappa shape index (κ2) is 9.61. The molecule has 5 nitrogen and oxygen atoms in total. The van der Waals surface area contributed by atoms with Gasteiger partial charge in [0.25, 0.3) is 0 Å². The summed E-state index contributed by atoms with van der Waals surface area (Å²) < 4.78 is 0. The third kappa shape index (κ3) is 4.50. The van der Waals surface area contributed by atoms with Crippen LogP contribution in [0.3, 0.4) is 0 Å². The fourth-order valence-corrected chi connectivity index (χ4v) is 5.64. The topological polar surface area (TPSA) is 101 Å². The Bertz CT molecular complexity index is 1070. The Labute approximate surface area is 196 Å². The Morgan fingerprint density at radius 1 is 0.844 bits per heavy atom. The molecule has 1 heterocycles. The number of hydrogen-bond donors (Lipinski definition) is 5. The van der Waals surface area contributed by atoms with Gasteiger partial charge in [0.2, 0.25) is 0 Å². The van der Waals surface area contributed by atoms with Gasteiger partial charge in [0, 0.05) is 33.0 Å². The summed E-state index contributed by atoms with van der Waals surface area (Å²) in [6, 6.07) is 17.8. The molecule has 32 heavy (non-hydrogen) atoms. The summed E-state index contributed by atoms with van der Waals surface area (Å²) in [7, 11) is 0. The quantitative estimate of drug-likeness (QED) is 0.391. The second-order valence-corrected chi connectivity index (χ2v) is 10.1. The minimum Gasteiger partial charge on any atom is -0.396 e. The molecule has 5 N–H and O–H groups in total. The van der Waals surface area contributed by atoms with Gasteiger partial charge in [0.1, 0.15) is 6.10 Å². The lowest BCUT2D eigenvalue weighted by Crippen LogP contribution is -2.58. The van der Waals surface area contributed by atoms with Crippen LogP contribution < -0.4 is 0 Å². The lowest BCUT2D eigenvalue weighted by Gasteiger charge is -2.43. The molecule has 0 amide bonds. The Balaban J connectivity index is 1.60. The first-order valence-electron chi connectivity index (χ1n) is 10.6. The van der Waals surface area contributed by atoms with Crippen LogP contribution >= 0.6 is 22.9 Å². The number of aryl methyl sites for hydroxylation is 1. The van der Waals surface area contributed by atoms with Crippen molar-refractivity contribution in [3.05, 3.63) is 81.2 Å². The van der Waals surface area contributed by atoms with Gasteiger partial charge in [0.15, 0.2) is 0 Å². The third-order valence-electron chi connectivity index (χ3n) is 6.34. The van der Waals surface area contributed by atoms with Crippen LogP contribution in [-0.4, -0.2) is 56.6 Å². The molecule has 0 aliphatic heterocycles. The molecule has 0 radical (unpaired) electrons. The highest BCUT2D eigenvalue weighted by Gasteiger charge is 2.48. The number of thiophene rings is 1. The standard InChI is InChI=1S/C25H27ClO5S/c1-13-2-4-14(5-3-13)20-9-7-17(32-20)11-16-10-15(6-8-19(16)26)21-22(28)18(12-27)23(29)25(31)24(21)30/h2-10,18,21-25,27-31H,11-12H2,1H3/t18-,21+,22-,23+,24-,25-/m0/s1. The summed E-state index contributed by atoms with van der Waals surface area (Å²) in [5.74, 6) is -1.81. The number of aliphatic hydroxyl groups excluding tert-OH is 5. The summed E-state index contributed by atoms with van der Waals surface area (Å²) >= 11 is 8.14. The van der Waals surface area contributed by atoms with E-state index in [0.29, 0.717) is 17.0 Å². The van der Waals surface area contributed by atoms with Gasteiger partial charge in [0.05, 0.1) is 24.9 Å². The van der Waals surface area contributed by atoms with Crippen molar-refractivity contribution in [3.63, 3.8) is 0 Å². The van der Waals surface area contributed by atoms with E-state index >= 15 is 0 Å². The summed E-state index contributed by atoms with van der Waals surface area (Å²) in [5, 5.41) is 51.8. The average Bonchev–Trinajstić information content (AvgIpc) is 3.24. The molecule has 0 bridgehead atoms. The molecule has 1 aliphatic rings. The highest BCUT2D eigenvalue weighted by molar-refractivity contribution is 7.15. The molecule has 3 aromatic rings. The van der Waals surface area contributed by atoms with Crippen LogP contribution in [0.5, 0.6) is 0 Å².